The fraction of sp³-hybridized carbons (Fsp3) is 0.611. The first-order chi connectivity index (χ1) is 12.7. The summed E-state index contributed by atoms with van der Waals surface area (Å²) < 4.78 is 1.85. The number of aliphatic hydroxyl groups excluding tert-OH is 1. The van der Waals surface area contributed by atoms with Crippen LogP contribution in [0.25, 0.3) is 0 Å². The van der Waals surface area contributed by atoms with Crippen molar-refractivity contribution in [1.82, 2.24) is 29.9 Å². The summed E-state index contributed by atoms with van der Waals surface area (Å²) in [6, 6.07) is 0. The molecule has 8 nitrogen and oxygen atoms in total. The molecular formula is C18H26N6O2. The van der Waals surface area contributed by atoms with Gasteiger partial charge >= 0.3 is 0 Å². The number of amides is 1. The SMILES string of the molecule is CCc1ncc(C(=O)N2CCC[C@H](Cn3cc(CCCO)nn3)C2)cn1. The standard InChI is InChI=1S/C18H26N6O2/c1-2-17-19-9-15(10-20-17)18(26)23-7-3-5-14(11-23)12-24-13-16(21-22-24)6-4-8-25/h9-10,13-14,25H,2-8,11-12H2,1H3/t14-/m0/s1. The minimum atomic E-state index is -0.000391. The van der Waals surface area contributed by atoms with E-state index in [1.165, 1.54) is 0 Å². The first-order valence-electron chi connectivity index (χ1n) is 9.29. The lowest BCUT2D eigenvalue weighted by Crippen LogP contribution is -2.41. The first kappa shape index (κ1) is 18.4. The Morgan fingerprint density at radius 1 is 1.35 bits per heavy atom. The van der Waals surface area contributed by atoms with Gasteiger partial charge in [-0.3, -0.25) is 9.48 Å². The van der Waals surface area contributed by atoms with Crippen molar-refractivity contribution in [3.63, 3.8) is 0 Å². The number of aryl methyl sites for hydroxylation is 2. The summed E-state index contributed by atoms with van der Waals surface area (Å²) in [6.07, 6.45) is 9.44. The molecule has 0 aromatic carbocycles. The summed E-state index contributed by atoms with van der Waals surface area (Å²) in [4.78, 5) is 23.1. The Kier molecular flexibility index (Phi) is 6.27. The van der Waals surface area contributed by atoms with Gasteiger partial charge in [0.05, 0.1) is 11.3 Å². The second-order valence-electron chi connectivity index (χ2n) is 6.76. The molecule has 1 N–H and O–H groups in total. The molecule has 0 bridgehead atoms. The Morgan fingerprint density at radius 2 is 2.15 bits per heavy atom. The van der Waals surface area contributed by atoms with E-state index in [-0.39, 0.29) is 12.5 Å². The average molecular weight is 358 g/mol. The van der Waals surface area contributed by atoms with E-state index in [1.807, 2.05) is 22.7 Å². The molecule has 3 rings (SSSR count). The monoisotopic (exact) mass is 358 g/mol. The topological polar surface area (TPSA) is 97.0 Å². The zero-order valence-electron chi connectivity index (χ0n) is 15.2. The zero-order chi connectivity index (χ0) is 18.4. The molecule has 0 radical (unpaired) electrons. The van der Waals surface area contributed by atoms with Gasteiger partial charge in [-0.2, -0.15) is 0 Å². The molecule has 3 heterocycles. The molecule has 26 heavy (non-hydrogen) atoms. The third-order valence-corrected chi connectivity index (χ3v) is 4.70. The molecule has 8 heteroatoms. The number of rotatable bonds is 7. The average Bonchev–Trinajstić information content (AvgIpc) is 3.13. The molecule has 0 spiro atoms. The summed E-state index contributed by atoms with van der Waals surface area (Å²) in [5, 5.41) is 17.2. The quantitative estimate of drug-likeness (QED) is 0.796. The normalized spacial score (nSPS) is 17.5. The molecule has 1 fully saturated rings. The first-order valence-corrected chi connectivity index (χ1v) is 9.29. The van der Waals surface area contributed by atoms with E-state index in [4.69, 9.17) is 5.11 Å². The largest absolute Gasteiger partial charge is 0.396 e. The van der Waals surface area contributed by atoms with Gasteiger partial charge in [-0.15, -0.1) is 5.10 Å². The fourth-order valence-corrected chi connectivity index (χ4v) is 3.30. The van der Waals surface area contributed by atoms with Gasteiger partial charge in [-0.25, -0.2) is 9.97 Å². The highest BCUT2D eigenvalue weighted by molar-refractivity contribution is 5.93. The lowest BCUT2D eigenvalue weighted by atomic mass is 9.97. The van der Waals surface area contributed by atoms with Crippen LogP contribution in [0.3, 0.4) is 0 Å². The van der Waals surface area contributed by atoms with Crippen LogP contribution in [0.15, 0.2) is 18.6 Å². The second kappa shape index (κ2) is 8.84. The Hall–Kier alpha value is -2.35. The zero-order valence-corrected chi connectivity index (χ0v) is 15.2. The number of piperidine rings is 1. The number of nitrogens with zero attached hydrogens (tertiary/aromatic N) is 6. The molecule has 1 atom stereocenters. The lowest BCUT2D eigenvalue weighted by molar-refractivity contribution is 0.0658. The Morgan fingerprint density at radius 3 is 2.88 bits per heavy atom. The van der Waals surface area contributed by atoms with Gasteiger partial charge in [0.2, 0.25) is 0 Å². The molecule has 1 saturated heterocycles. The number of hydrogen-bond acceptors (Lipinski definition) is 6. The third-order valence-electron chi connectivity index (χ3n) is 4.70. The maximum Gasteiger partial charge on any atom is 0.257 e. The van der Waals surface area contributed by atoms with E-state index in [9.17, 15) is 4.79 Å². The highest BCUT2D eigenvalue weighted by Crippen LogP contribution is 2.20. The van der Waals surface area contributed by atoms with Crippen molar-refractivity contribution in [2.24, 2.45) is 5.92 Å². The molecule has 1 aliphatic rings. The van der Waals surface area contributed by atoms with Crippen molar-refractivity contribution in [2.45, 2.75) is 45.6 Å². The van der Waals surface area contributed by atoms with E-state index < -0.39 is 0 Å². The van der Waals surface area contributed by atoms with Gasteiger partial charge in [0.1, 0.15) is 5.82 Å². The van der Waals surface area contributed by atoms with Crippen molar-refractivity contribution >= 4 is 5.91 Å². The van der Waals surface area contributed by atoms with Gasteiger partial charge < -0.3 is 10.0 Å². The smallest absolute Gasteiger partial charge is 0.257 e. The summed E-state index contributed by atoms with van der Waals surface area (Å²) in [6.45, 7) is 4.38. The number of carbonyl (C=O) groups excluding carboxylic acids is 1. The van der Waals surface area contributed by atoms with Gasteiger partial charge in [0.15, 0.2) is 0 Å². The lowest BCUT2D eigenvalue weighted by Gasteiger charge is -2.32. The van der Waals surface area contributed by atoms with Crippen molar-refractivity contribution in [2.75, 3.05) is 19.7 Å². The molecule has 0 unspecified atom stereocenters. The molecule has 1 aliphatic heterocycles. The van der Waals surface area contributed by atoms with Crippen LogP contribution in [0.1, 0.15) is 48.1 Å². The van der Waals surface area contributed by atoms with Crippen LogP contribution in [0.5, 0.6) is 0 Å². The maximum absolute atomic E-state index is 12.7. The van der Waals surface area contributed by atoms with Gasteiger partial charge in [0, 0.05) is 51.3 Å². The van der Waals surface area contributed by atoms with E-state index in [0.29, 0.717) is 24.4 Å². The van der Waals surface area contributed by atoms with Crippen molar-refractivity contribution in [1.29, 1.82) is 0 Å². The minimum Gasteiger partial charge on any atom is -0.396 e. The predicted octanol–water partition coefficient (Wildman–Crippen LogP) is 1.11. The molecule has 140 valence electrons. The maximum atomic E-state index is 12.7. The van der Waals surface area contributed by atoms with Crippen LogP contribution in [0, 0.1) is 5.92 Å². The molecule has 2 aromatic rings. The molecule has 0 aliphatic carbocycles. The van der Waals surface area contributed by atoms with Crippen molar-refractivity contribution in [3.05, 3.63) is 35.7 Å². The van der Waals surface area contributed by atoms with E-state index in [2.05, 4.69) is 20.3 Å². The molecular weight excluding hydrogens is 332 g/mol. The Bertz CT molecular complexity index is 715. The highest BCUT2D eigenvalue weighted by Gasteiger charge is 2.25. The molecule has 2 aromatic heterocycles. The minimum absolute atomic E-state index is 0.000391. The van der Waals surface area contributed by atoms with Gasteiger partial charge in [-0.1, -0.05) is 12.1 Å². The third kappa shape index (κ3) is 4.63. The number of hydrogen-bond donors (Lipinski definition) is 1. The van der Waals surface area contributed by atoms with Crippen LogP contribution in [-0.4, -0.2) is 60.6 Å². The summed E-state index contributed by atoms with van der Waals surface area (Å²) >= 11 is 0. The predicted molar refractivity (Wildman–Crippen MR) is 95.5 cm³/mol. The van der Waals surface area contributed by atoms with Crippen LogP contribution >= 0.6 is 0 Å². The summed E-state index contributed by atoms with van der Waals surface area (Å²) in [7, 11) is 0. The summed E-state index contributed by atoms with van der Waals surface area (Å²) in [5.41, 5.74) is 1.45. The Balaban J connectivity index is 1.57. The van der Waals surface area contributed by atoms with E-state index in [0.717, 1.165) is 50.3 Å². The van der Waals surface area contributed by atoms with Crippen LogP contribution in [0.4, 0.5) is 0 Å². The van der Waals surface area contributed by atoms with Crippen LogP contribution in [0.2, 0.25) is 0 Å². The molecule has 0 saturated carbocycles. The summed E-state index contributed by atoms with van der Waals surface area (Å²) in [5.74, 6) is 1.11. The second-order valence-corrected chi connectivity index (χ2v) is 6.76. The van der Waals surface area contributed by atoms with E-state index in [1.54, 1.807) is 12.4 Å². The van der Waals surface area contributed by atoms with Crippen LogP contribution < -0.4 is 0 Å². The molecule has 1 amide bonds. The van der Waals surface area contributed by atoms with Gasteiger partial charge in [-0.05, 0) is 31.6 Å². The Labute approximate surface area is 153 Å². The van der Waals surface area contributed by atoms with E-state index >= 15 is 0 Å². The van der Waals surface area contributed by atoms with Gasteiger partial charge in [0.25, 0.3) is 5.91 Å². The fourth-order valence-electron chi connectivity index (χ4n) is 3.30. The van der Waals surface area contributed by atoms with Crippen LogP contribution in [-0.2, 0) is 19.4 Å². The number of aromatic nitrogens is 5. The van der Waals surface area contributed by atoms with Crippen molar-refractivity contribution in [3.8, 4) is 0 Å². The van der Waals surface area contributed by atoms with Crippen molar-refractivity contribution < 1.29 is 9.90 Å². The number of carbonyl (C=O) groups is 1. The number of aliphatic hydroxyl groups is 1. The number of likely N-dealkylation sites (tertiary alicyclic amines) is 1. The highest BCUT2D eigenvalue weighted by atomic mass is 16.3.